The first-order chi connectivity index (χ1) is 12.2. The zero-order chi connectivity index (χ0) is 19.6. The van der Waals surface area contributed by atoms with Crippen LogP contribution in [-0.2, 0) is 14.4 Å². The van der Waals surface area contributed by atoms with Gasteiger partial charge in [-0.3, -0.25) is 4.28 Å². The maximum absolute atomic E-state index is 13.2. The lowest BCUT2D eigenvalue weighted by molar-refractivity contribution is -0.0597. The van der Waals surface area contributed by atoms with Gasteiger partial charge in [0, 0.05) is 10.9 Å². The van der Waals surface area contributed by atoms with Gasteiger partial charge in [0.15, 0.2) is 5.71 Å². The van der Waals surface area contributed by atoms with E-state index in [4.69, 9.17) is 12.2 Å². The summed E-state index contributed by atoms with van der Waals surface area (Å²) < 4.78 is 67.3. The molecule has 0 saturated carbocycles. The first-order valence-electron chi connectivity index (χ1n) is 8.31. The summed E-state index contributed by atoms with van der Waals surface area (Å²) in [4.78, 5) is 0. The Morgan fingerprint density at radius 3 is 2.23 bits per heavy atom. The lowest BCUT2D eigenvalue weighted by atomic mass is 10.1. The van der Waals surface area contributed by atoms with Gasteiger partial charge in [-0.2, -0.15) is 21.6 Å². The molecule has 0 heterocycles. The lowest BCUT2D eigenvalue weighted by Gasteiger charge is -2.10. The van der Waals surface area contributed by atoms with Crippen LogP contribution in [0.5, 0.6) is 0 Å². The SMILES string of the molecule is CCCCCCCCS(=O)(=O)ON=C(c1ccc(C=S)cc1)C(F)(F)F. The van der Waals surface area contributed by atoms with Crippen molar-refractivity contribution in [2.24, 2.45) is 5.16 Å². The summed E-state index contributed by atoms with van der Waals surface area (Å²) in [5.41, 5.74) is -1.14. The first-order valence-corrected chi connectivity index (χ1v) is 10.4. The predicted molar refractivity (Wildman–Crippen MR) is 100 cm³/mol. The third-order valence-corrected chi connectivity index (χ3v) is 4.94. The number of benzene rings is 1. The molecule has 0 aliphatic heterocycles. The van der Waals surface area contributed by atoms with E-state index in [9.17, 15) is 21.6 Å². The number of halogens is 3. The topological polar surface area (TPSA) is 55.7 Å². The van der Waals surface area contributed by atoms with E-state index in [0.717, 1.165) is 37.8 Å². The molecule has 1 rings (SSSR count). The number of unbranched alkanes of at least 4 members (excludes halogenated alkanes) is 5. The molecular weight excluding hydrogens is 387 g/mol. The third-order valence-electron chi connectivity index (χ3n) is 3.58. The van der Waals surface area contributed by atoms with Crippen molar-refractivity contribution in [3.05, 3.63) is 35.4 Å². The normalized spacial score (nSPS) is 12.8. The van der Waals surface area contributed by atoms with Crippen molar-refractivity contribution in [2.45, 2.75) is 51.6 Å². The Bertz CT molecular complexity index is 699. The Balaban J connectivity index is 2.75. The quantitative estimate of drug-likeness (QED) is 0.223. The summed E-state index contributed by atoms with van der Waals surface area (Å²) in [6.07, 6.45) is 0.184. The average Bonchev–Trinajstić information content (AvgIpc) is 2.57. The van der Waals surface area contributed by atoms with Gasteiger partial charge in [-0.25, -0.2) is 0 Å². The second-order valence-corrected chi connectivity index (χ2v) is 7.69. The highest BCUT2D eigenvalue weighted by molar-refractivity contribution is 7.86. The molecule has 0 aromatic heterocycles. The van der Waals surface area contributed by atoms with Crippen molar-refractivity contribution in [2.75, 3.05) is 5.75 Å². The molecule has 26 heavy (non-hydrogen) atoms. The molecule has 0 bridgehead atoms. The average molecular weight is 409 g/mol. The zero-order valence-electron chi connectivity index (χ0n) is 14.5. The first kappa shape index (κ1) is 22.6. The van der Waals surface area contributed by atoms with Crippen molar-refractivity contribution in [3.8, 4) is 0 Å². The molecule has 0 saturated heterocycles. The molecule has 0 amide bonds. The molecule has 0 atom stereocenters. The van der Waals surface area contributed by atoms with Crippen LogP contribution in [0.1, 0.15) is 56.6 Å². The Morgan fingerprint density at radius 1 is 1.12 bits per heavy atom. The Labute approximate surface area is 157 Å². The fraction of sp³-hybridized carbons (Fsp3) is 0.529. The smallest absolute Gasteiger partial charge is 0.268 e. The van der Waals surface area contributed by atoms with Gasteiger partial charge in [-0.15, -0.1) is 0 Å². The third kappa shape index (κ3) is 8.27. The summed E-state index contributed by atoms with van der Waals surface area (Å²) >= 11 is 4.69. The highest BCUT2D eigenvalue weighted by Gasteiger charge is 2.38. The van der Waals surface area contributed by atoms with Gasteiger partial charge in [-0.1, -0.05) is 80.7 Å². The molecule has 0 aliphatic carbocycles. The van der Waals surface area contributed by atoms with E-state index in [1.807, 2.05) is 0 Å². The number of hydrogen-bond acceptors (Lipinski definition) is 5. The second-order valence-electron chi connectivity index (χ2n) is 5.78. The fourth-order valence-corrected chi connectivity index (χ4v) is 3.16. The summed E-state index contributed by atoms with van der Waals surface area (Å²) in [5, 5.41) is 4.20. The Kier molecular flexibility index (Phi) is 9.21. The lowest BCUT2D eigenvalue weighted by Crippen LogP contribution is -2.25. The van der Waals surface area contributed by atoms with E-state index >= 15 is 0 Å². The largest absolute Gasteiger partial charge is 0.437 e. The standard InChI is InChI=1S/C17H22F3NO3S2/c1-2-3-4-5-6-7-12-26(22,23)24-21-16(17(18,19)20)15-10-8-14(13-25)9-11-15/h8-11,13H,2-7,12H2,1H3. The maximum atomic E-state index is 13.2. The second kappa shape index (κ2) is 10.6. The maximum Gasteiger partial charge on any atom is 0.437 e. The molecule has 0 N–H and O–H groups in total. The molecule has 0 fully saturated rings. The van der Waals surface area contributed by atoms with Gasteiger partial charge < -0.3 is 0 Å². The number of nitrogens with zero attached hydrogens (tertiary/aromatic N) is 1. The van der Waals surface area contributed by atoms with Crippen LogP contribution < -0.4 is 0 Å². The van der Waals surface area contributed by atoms with Crippen LogP contribution >= 0.6 is 12.2 Å². The van der Waals surface area contributed by atoms with Crippen molar-refractivity contribution in [1.82, 2.24) is 0 Å². The zero-order valence-corrected chi connectivity index (χ0v) is 16.1. The molecule has 0 unspecified atom stereocenters. The number of oxime groups is 1. The van der Waals surface area contributed by atoms with Crippen LogP contribution in [-0.4, -0.2) is 31.4 Å². The van der Waals surface area contributed by atoms with Gasteiger partial charge in [0.25, 0.3) is 0 Å². The predicted octanol–water partition coefficient (Wildman–Crippen LogP) is 5.01. The minimum Gasteiger partial charge on any atom is -0.268 e. The number of rotatable bonds is 11. The summed E-state index contributed by atoms with van der Waals surface area (Å²) in [5.74, 6) is -0.363. The fourth-order valence-electron chi connectivity index (χ4n) is 2.18. The van der Waals surface area contributed by atoms with Crippen molar-refractivity contribution in [3.63, 3.8) is 0 Å². The molecule has 4 nitrogen and oxygen atoms in total. The minimum absolute atomic E-state index is 0.298. The molecule has 0 radical (unpaired) electrons. The van der Waals surface area contributed by atoms with E-state index in [1.54, 1.807) is 0 Å². The van der Waals surface area contributed by atoms with Crippen LogP contribution in [0.4, 0.5) is 13.2 Å². The van der Waals surface area contributed by atoms with Gasteiger partial charge >= 0.3 is 16.3 Å². The van der Waals surface area contributed by atoms with E-state index in [-0.39, 0.29) is 11.3 Å². The Hall–Kier alpha value is -1.48. The highest BCUT2D eigenvalue weighted by atomic mass is 32.2. The molecule has 146 valence electrons. The van der Waals surface area contributed by atoms with Crippen LogP contribution in [0.25, 0.3) is 0 Å². The Morgan fingerprint density at radius 2 is 1.69 bits per heavy atom. The number of hydrogen-bond donors (Lipinski definition) is 0. The molecule has 9 heteroatoms. The molecular formula is C17H22F3NO3S2. The number of alkyl halides is 3. The molecule has 1 aromatic rings. The van der Waals surface area contributed by atoms with Crippen LogP contribution in [0.15, 0.2) is 29.4 Å². The number of thiocarbonyl (C=S) groups is 1. The molecule has 1 aromatic carbocycles. The van der Waals surface area contributed by atoms with Gasteiger partial charge in [-0.05, 0) is 12.0 Å². The van der Waals surface area contributed by atoms with Crippen molar-refractivity contribution < 1.29 is 25.9 Å². The minimum atomic E-state index is -4.85. The van der Waals surface area contributed by atoms with E-state index in [1.165, 1.54) is 17.5 Å². The van der Waals surface area contributed by atoms with Gasteiger partial charge in [0.05, 0.1) is 5.75 Å². The summed E-state index contributed by atoms with van der Waals surface area (Å²) in [7, 11) is -4.16. The van der Waals surface area contributed by atoms with Crippen molar-refractivity contribution in [1.29, 1.82) is 0 Å². The van der Waals surface area contributed by atoms with Gasteiger partial charge in [0.1, 0.15) is 0 Å². The van der Waals surface area contributed by atoms with E-state index < -0.39 is 22.0 Å². The van der Waals surface area contributed by atoms with Crippen LogP contribution in [0.2, 0.25) is 0 Å². The van der Waals surface area contributed by atoms with Crippen LogP contribution in [0.3, 0.4) is 0 Å². The molecule has 0 spiro atoms. The van der Waals surface area contributed by atoms with Crippen molar-refractivity contribution >= 4 is 33.4 Å². The van der Waals surface area contributed by atoms with E-state index in [0.29, 0.717) is 18.4 Å². The van der Waals surface area contributed by atoms with E-state index in [2.05, 4.69) is 16.4 Å². The summed E-state index contributed by atoms with van der Waals surface area (Å²) in [6, 6.07) is 5.09. The van der Waals surface area contributed by atoms with Crippen LogP contribution in [0, 0.1) is 0 Å². The summed E-state index contributed by atoms with van der Waals surface area (Å²) in [6.45, 7) is 2.07. The van der Waals surface area contributed by atoms with Gasteiger partial charge in [0.2, 0.25) is 0 Å². The molecule has 0 aliphatic rings. The monoisotopic (exact) mass is 409 g/mol. The highest BCUT2D eigenvalue weighted by Crippen LogP contribution is 2.23.